The van der Waals surface area contributed by atoms with Gasteiger partial charge in [-0.1, -0.05) is 22.9 Å². The van der Waals surface area contributed by atoms with E-state index in [4.69, 9.17) is 11.6 Å². The predicted octanol–water partition coefficient (Wildman–Crippen LogP) is 3.90. The SMILES string of the molecule is CCC(CCCl)NS(=O)(=O)c1cc(Br)ccc1Br. The van der Waals surface area contributed by atoms with E-state index in [2.05, 4.69) is 36.6 Å². The molecule has 0 radical (unpaired) electrons. The number of hydrogen-bond acceptors (Lipinski definition) is 2. The van der Waals surface area contributed by atoms with E-state index >= 15 is 0 Å². The predicted molar refractivity (Wildman–Crippen MR) is 81.6 cm³/mol. The molecule has 0 aromatic heterocycles. The van der Waals surface area contributed by atoms with Crippen molar-refractivity contribution in [2.45, 2.75) is 30.7 Å². The molecular formula is C11H14Br2ClNO2S. The molecule has 1 rings (SSSR count). The third-order valence-corrected chi connectivity index (χ3v) is 5.68. The van der Waals surface area contributed by atoms with Gasteiger partial charge >= 0.3 is 0 Å². The molecule has 0 saturated carbocycles. The fourth-order valence-electron chi connectivity index (χ4n) is 1.44. The second-order valence-electron chi connectivity index (χ2n) is 3.78. The van der Waals surface area contributed by atoms with E-state index in [1.165, 1.54) is 0 Å². The summed E-state index contributed by atoms with van der Waals surface area (Å²) in [5.41, 5.74) is 0. The maximum absolute atomic E-state index is 12.2. The first-order chi connectivity index (χ1) is 8.40. The van der Waals surface area contributed by atoms with Crippen molar-refractivity contribution in [1.29, 1.82) is 0 Å². The first-order valence-electron chi connectivity index (χ1n) is 5.44. The minimum absolute atomic E-state index is 0.140. The zero-order chi connectivity index (χ0) is 13.8. The summed E-state index contributed by atoms with van der Waals surface area (Å²) in [6.07, 6.45) is 1.32. The van der Waals surface area contributed by atoms with Gasteiger partial charge < -0.3 is 0 Å². The maximum Gasteiger partial charge on any atom is 0.241 e. The van der Waals surface area contributed by atoms with Gasteiger partial charge in [-0.3, -0.25) is 0 Å². The molecule has 1 atom stereocenters. The highest BCUT2D eigenvalue weighted by Crippen LogP contribution is 2.26. The van der Waals surface area contributed by atoms with Crippen LogP contribution in [0.1, 0.15) is 19.8 Å². The van der Waals surface area contributed by atoms with Gasteiger partial charge in [0.25, 0.3) is 0 Å². The maximum atomic E-state index is 12.2. The van der Waals surface area contributed by atoms with Crippen LogP contribution in [-0.4, -0.2) is 20.3 Å². The lowest BCUT2D eigenvalue weighted by atomic mass is 10.2. The normalized spacial score (nSPS) is 13.6. The minimum Gasteiger partial charge on any atom is -0.208 e. The third-order valence-electron chi connectivity index (χ3n) is 2.45. The molecule has 0 aliphatic heterocycles. The molecule has 3 nitrogen and oxygen atoms in total. The Morgan fingerprint density at radius 3 is 2.61 bits per heavy atom. The Hall–Kier alpha value is 0.380. The summed E-state index contributed by atoms with van der Waals surface area (Å²) in [5.74, 6) is 0.431. The molecule has 18 heavy (non-hydrogen) atoms. The summed E-state index contributed by atoms with van der Waals surface area (Å²) >= 11 is 12.2. The molecule has 1 N–H and O–H groups in total. The van der Waals surface area contributed by atoms with Gasteiger partial charge in [0.05, 0.1) is 4.90 Å². The van der Waals surface area contributed by atoms with Crippen LogP contribution < -0.4 is 4.72 Å². The van der Waals surface area contributed by atoms with Crippen LogP contribution in [0.25, 0.3) is 0 Å². The van der Waals surface area contributed by atoms with Gasteiger partial charge in [0.15, 0.2) is 0 Å². The molecule has 0 bridgehead atoms. The first-order valence-corrected chi connectivity index (χ1v) is 9.04. The number of sulfonamides is 1. The molecule has 102 valence electrons. The molecule has 1 unspecified atom stereocenters. The lowest BCUT2D eigenvalue weighted by molar-refractivity contribution is 0.531. The van der Waals surface area contributed by atoms with Crippen LogP contribution in [0.15, 0.2) is 32.0 Å². The van der Waals surface area contributed by atoms with E-state index in [9.17, 15) is 8.42 Å². The van der Waals surface area contributed by atoms with Crippen LogP contribution in [0.3, 0.4) is 0 Å². The lowest BCUT2D eigenvalue weighted by Crippen LogP contribution is -2.34. The topological polar surface area (TPSA) is 46.2 Å². The fourth-order valence-corrected chi connectivity index (χ4v) is 4.56. The lowest BCUT2D eigenvalue weighted by Gasteiger charge is -2.16. The molecule has 0 aliphatic rings. The monoisotopic (exact) mass is 417 g/mol. The van der Waals surface area contributed by atoms with Crippen LogP contribution >= 0.6 is 43.5 Å². The summed E-state index contributed by atoms with van der Waals surface area (Å²) in [4.78, 5) is 0.227. The van der Waals surface area contributed by atoms with Crippen molar-refractivity contribution in [1.82, 2.24) is 4.72 Å². The molecule has 0 amide bonds. The number of halogens is 3. The van der Waals surface area contributed by atoms with Gasteiger partial charge in [-0.05, 0) is 47.0 Å². The highest BCUT2D eigenvalue weighted by molar-refractivity contribution is 9.11. The van der Waals surface area contributed by atoms with Crippen molar-refractivity contribution in [2.75, 3.05) is 5.88 Å². The Bertz CT molecular complexity index is 508. The van der Waals surface area contributed by atoms with Crippen molar-refractivity contribution >= 4 is 53.5 Å². The summed E-state index contributed by atoms with van der Waals surface area (Å²) in [6.45, 7) is 1.93. The van der Waals surface area contributed by atoms with Crippen LogP contribution in [0, 0.1) is 0 Å². The van der Waals surface area contributed by atoms with E-state index in [0.29, 0.717) is 23.2 Å². The standard InChI is InChI=1S/C11H14Br2ClNO2S/c1-2-9(5-6-14)15-18(16,17)11-7-8(12)3-4-10(11)13/h3-4,7,9,15H,2,5-6H2,1H3. The van der Waals surface area contributed by atoms with Gasteiger partial charge in [-0.25, -0.2) is 13.1 Å². The fraction of sp³-hybridized carbons (Fsp3) is 0.455. The molecule has 1 aromatic carbocycles. The number of nitrogens with one attached hydrogen (secondary N) is 1. The number of alkyl halides is 1. The van der Waals surface area contributed by atoms with Gasteiger partial charge in [0, 0.05) is 20.9 Å². The highest BCUT2D eigenvalue weighted by atomic mass is 79.9. The Labute approximate surface area is 130 Å². The molecule has 7 heteroatoms. The van der Waals surface area contributed by atoms with E-state index in [0.717, 1.165) is 4.47 Å². The van der Waals surface area contributed by atoms with Crippen LogP contribution in [-0.2, 0) is 10.0 Å². The first kappa shape index (κ1) is 16.4. The van der Waals surface area contributed by atoms with E-state index in [1.54, 1.807) is 18.2 Å². The van der Waals surface area contributed by atoms with E-state index in [-0.39, 0.29) is 10.9 Å². The summed E-state index contributed by atoms with van der Waals surface area (Å²) < 4.78 is 28.4. The molecule has 0 aliphatic carbocycles. The zero-order valence-corrected chi connectivity index (χ0v) is 14.5. The van der Waals surface area contributed by atoms with Crippen molar-refractivity contribution in [3.05, 3.63) is 27.1 Å². The summed E-state index contributed by atoms with van der Waals surface area (Å²) in [5, 5.41) is 0. The van der Waals surface area contributed by atoms with Crippen molar-refractivity contribution in [3.63, 3.8) is 0 Å². The van der Waals surface area contributed by atoms with Crippen LogP contribution in [0.4, 0.5) is 0 Å². The van der Waals surface area contributed by atoms with E-state index in [1.807, 2.05) is 6.92 Å². The van der Waals surface area contributed by atoms with Gasteiger partial charge in [0.2, 0.25) is 10.0 Å². The Kier molecular flexibility index (Phi) is 6.61. The van der Waals surface area contributed by atoms with Crippen molar-refractivity contribution in [2.24, 2.45) is 0 Å². The largest absolute Gasteiger partial charge is 0.241 e. The molecule has 0 heterocycles. The second kappa shape index (κ2) is 7.24. The van der Waals surface area contributed by atoms with Crippen molar-refractivity contribution < 1.29 is 8.42 Å². The van der Waals surface area contributed by atoms with Gasteiger partial charge in [0.1, 0.15) is 0 Å². The van der Waals surface area contributed by atoms with Gasteiger partial charge in [-0.2, -0.15) is 0 Å². The molecule has 0 fully saturated rings. The summed E-state index contributed by atoms with van der Waals surface area (Å²) in [6, 6.07) is 4.90. The van der Waals surface area contributed by atoms with Gasteiger partial charge in [-0.15, -0.1) is 11.6 Å². The Morgan fingerprint density at radius 2 is 2.06 bits per heavy atom. The van der Waals surface area contributed by atoms with Crippen molar-refractivity contribution in [3.8, 4) is 0 Å². The average Bonchev–Trinajstić information content (AvgIpc) is 2.31. The third kappa shape index (κ3) is 4.49. The number of benzene rings is 1. The molecule has 1 aromatic rings. The zero-order valence-electron chi connectivity index (χ0n) is 9.79. The highest BCUT2D eigenvalue weighted by Gasteiger charge is 2.21. The number of rotatable bonds is 6. The minimum atomic E-state index is -3.53. The quantitative estimate of drug-likeness (QED) is 0.711. The van der Waals surface area contributed by atoms with E-state index < -0.39 is 10.0 Å². The Morgan fingerprint density at radius 1 is 1.39 bits per heavy atom. The molecule has 0 saturated heterocycles. The smallest absolute Gasteiger partial charge is 0.208 e. The average molecular weight is 420 g/mol. The van der Waals surface area contributed by atoms with Crippen LogP contribution in [0.5, 0.6) is 0 Å². The molecular weight excluding hydrogens is 405 g/mol. The van der Waals surface area contributed by atoms with Crippen LogP contribution in [0.2, 0.25) is 0 Å². The number of hydrogen-bond donors (Lipinski definition) is 1. The second-order valence-corrected chi connectivity index (χ2v) is 7.61. The summed E-state index contributed by atoms with van der Waals surface area (Å²) in [7, 11) is -3.53. The Balaban J connectivity index is 3.02. The molecule has 0 spiro atoms.